The summed E-state index contributed by atoms with van der Waals surface area (Å²) >= 11 is 0. The molecule has 1 aromatic heterocycles. The molecule has 92 valence electrons. The molecule has 0 aromatic carbocycles. The fraction of sp³-hybridized carbons (Fsp3) is 0.538. The smallest absolute Gasteiger partial charge is 0.227 e. The molecule has 1 saturated carbocycles. The third-order valence-electron chi connectivity index (χ3n) is 3.60. The first-order valence-electron chi connectivity index (χ1n) is 6.14. The second-order valence-corrected chi connectivity index (χ2v) is 4.71. The van der Waals surface area contributed by atoms with E-state index in [0.29, 0.717) is 12.5 Å². The van der Waals surface area contributed by atoms with Crippen LogP contribution in [0.3, 0.4) is 0 Å². The van der Waals surface area contributed by atoms with Gasteiger partial charge in [0.1, 0.15) is 0 Å². The average molecular weight is 233 g/mol. The maximum atomic E-state index is 12.1. The second kappa shape index (κ2) is 5.27. The number of carbonyl (C=O) groups excluding carboxylic acids is 1. The number of anilines is 1. The van der Waals surface area contributed by atoms with Gasteiger partial charge in [0.25, 0.3) is 0 Å². The molecule has 1 aromatic rings. The molecule has 0 aliphatic heterocycles. The zero-order chi connectivity index (χ0) is 12.3. The van der Waals surface area contributed by atoms with Crippen LogP contribution in [0, 0.1) is 18.8 Å². The van der Waals surface area contributed by atoms with Crippen molar-refractivity contribution in [3.63, 3.8) is 0 Å². The summed E-state index contributed by atoms with van der Waals surface area (Å²) in [7, 11) is 0. The van der Waals surface area contributed by atoms with Crippen molar-refractivity contribution in [2.75, 3.05) is 11.9 Å². The molecule has 0 saturated heterocycles. The van der Waals surface area contributed by atoms with E-state index >= 15 is 0 Å². The Morgan fingerprint density at radius 3 is 3.12 bits per heavy atom. The average Bonchev–Trinajstić information content (AvgIpc) is 2.80. The number of nitrogens with zero attached hydrogens (tertiary/aromatic N) is 1. The largest absolute Gasteiger partial charge is 0.330 e. The van der Waals surface area contributed by atoms with Crippen molar-refractivity contribution in [2.45, 2.75) is 26.2 Å². The van der Waals surface area contributed by atoms with Crippen LogP contribution in [0.15, 0.2) is 18.5 Å². The SMILES string of the molecule is Cc1ccncc1NC(=O)C1CCCC1CN. The van der Waals surface area contributed by atoms with Crippen LogP contribution in [0.25, 0.3) is 0 Å². The predicted octanol–water partition coefficient (Wildman–Crippen LogP) is 1.70. The van der Waals surface area contributed by atoms with Crippen LogP contribution in [0.1, 0.15) is 24.8 Å². The molecule has 3 N–H and O–H groups in total. The van der Waals surface area contributed by atoms with Gasteiger partial charge < -0.3 is 11.1 Å². The standard InChI is InChI=1S/C13H19N3O/c1-9-5-6-15-8-12(9)16-13(17)11-4-2-3-10(11)7-14/h5-6,8,10-11H,2-4,7,14H2,1H3,(H,16,17). The van der Waals surface area contributed by atoms with Crippen molar-refractivity contribution < 1.29 is 4.79 Å². The Balaban J connectivity index is 2.04. The van der Waals surface area contributed by atoms with Crippen LogP contribution in [0.2, 0.25) is 0 Å². The van der Waals surface area contributed by atoms with Crippen molar-refractivity contribution in [1.82, 2.24) is 4.98 Å². The van der Waals surface area contributed by atoms with E-state index in [2.05, 4.69) is 10.3 Å². The fourth-order valence-corrected chi connectivity index (χ4v) is 2.48. The molecular formula is C13H19N3O. The maximum Gasteiger partial charge on any atom is 0.227 e. The van der Waals surface area contributed by atoms with Crippen LogP contribution in [0.5, 0.6) is 0 Å². The highest BCUT2D eigenvalue weighted by Crippen LogP contribution is 2.32. The second-order valence-electron chi connectivity index (χ2n) is 4.71. The minimum Gasteiger partial charge on any atom is -0.330 e. The van der Waals surface area contributed by atoms with E-state index in [9.17, 15) is 4.79 Å². The first kappa shape index (κ1) is 12.0. The number of nitrogens with two attached hydrogens (primary N) is 1. The first-order chi connectivity index (χ1) is 8.22. The normalized spacial score (nSPS) is 23.6. The van der Waals surface area contributed by atoms with E-state index in [1.165, 1.54) is 0 Å². The lowest BCUT2D eigenvalue weighted by Gasteiger charge is -2.17. The molecule has 1 amide bonds. The van der Waals surface area contributed by atoms with Gasteiger partial charge in [0, 0.05) is 12.1 Å². The quantitative estimate of drug-likeness (QED) is 0.835. The zero-order valence-electron chi connectivity index (χ0n) is 10.1. The molecule has 1 heterocycles. The monoisotopic (exact) mass is 233 g/mol. The fourth-order valence-electron chi connectivity index (χ4n) is 2.48. The predicted molar refractivity (Wildman–Crippen MR) is 67.5 cm³/mol. The minimum absolute atomic E-state index is 0.0691. The lowest BCUT2D eigenvalue weighted by atomic mass is 9.95. The molecule has 1 aliphatic rings. The van der Waals surface area contributed by atoms with Crippen molar-refractivity contribution in [3.8, 4) is 0 Å². The highest BCUT2D eigenvalue weighted by Gasteiger charge is 2.31. The maximum absolute atomic E-state index is 12.1. The topological polar surface area (TPSA) is 68.0 Å². The van der Waals surface area contributed by atoms with Gasteiger partial charge in [-0.2, -0.15) is 0 Å². The van der Waals surface area contributed by atoms with Gasteiger partial charge >= 0.3 is 0 Å². The summed E-state index contributed by atoms with van der Waals surface area (Å²) in [4.78, 5) is 16.2. The number of aryl methyl sites for hydroxylation is 1. The van der Waals surface area contributed by atoms with E-state index in [-0.39, 0.29) is 11.8 Å². The van der Waals surface area contributed by atoms with Crippen LogP contribution >= 0.6 is 0 Å². The van der Waals surface area contributed by atoms with Crippen LogP contribution in [-0.4, -0.2) is 17.4 Å². The van der Waals surface area contributed by atoms with Gasteiger partial charge in [-0.05, 0) is 43.9 Å². The summed E-state index contributed by atoms with van der Waals surface area (Å²) in [6.45, 7) is 2.57. The van der Waals surface area contributed by atoms with E-state index in [1.54, 1.807) is 12.4 Å². The molecule has 1 fully saturated rings. The van der Waals surface area contributed by atoms with Crippen LogP contribution in [0.4, 0.5) is 5.69 Å². The number of carbonyl (C=O) groups is 1. The van der Waals surface area contributed by atoms with Crippen molar-refractivity contribution in [3.05, 3.63) is 24.0 Å². The Bertz CT molecular complexity index is 405. The molecule has 0 spiro atoms. The highest BCUT2D eigenvalue weighted by molar-refractivity contribution is 5.93. The third-order valence-corrected chi connectivity index (χ3v) is 3.60. The summed E-state index contributed by atoms with van der Waals surface area (Å²) < 4.78 is 0. The van der Waals surface area contributed by atoms with Gasteiger partial charge in [-0.3, -0.25) is 9.78 Å². The number of rotatable bonds is 3. The van der Waals surface area contributed by atoms with E-state index in [4.69, 9.17) is 5.73 Å². The lowest BCUT2D eigenvalue weighted by molar-refractivity contribution is -0.120. The van der Waals surface area contributed by atoms with Gasteiger partial charge in [0.2, 0.25) is 5.91 Å². The molecule has 0 bridgehead atoms. The Hall–Kier alpha value is -1.42. The number of hydrogen-bond acceptors (Lipinski definition) is 3. The van der Waals surface area contributed by atoms with Gasteiger partial charge in [0.05, 0.1) is 11.9 Å². The first-order valence-corrected chi connectivity index (χ1v) is 6.14. The molecule has 2 rings (SSSR count). The molecular weight excluding hydrogens is 214 g/mol. The van der Waals surface area contributed by atoms with Crippen LogP contribution < -0.4 is 11.1 Å². The Morgan fingerprint density at radius 2 is 2.41 bits per heavy atom. The molecule has 0 radical (unpaired) electrons. The zero-order valence-corrected chi connectivity index (χ0v) is 10.1. The molecule has 4 heteroatoms. The number of aromatic nitrogens is 1. The van der Waals surface area contributed by atoms with Crippen molar-refractivity contribution in [1.29, 1.82) is 0 Å². The Labute approximate surface area is 102 Å². The number of hydrogen-bond donors (Lipinski definition) is 2. The third kappa shape index (κ3) is 2.64. The summed E-state index contributed by atoms with van der Waals surface area (Å²) in [5.41, 5.74) is 7.54. The number of nitrogens with one attached hydrogen (secondary N) is 1. The van der Waals surface area contributed by atoms with E-state index in [0.717, 1.165) is 30.5 Å². The molecule has 2 unspecified atom stereocenters. The van der Waals surface area contributed by atoms with Gasteiger partial charge in [-0.1, -0.05) is 6.42 Å². The van der Waals surface area contributed by atoms with Crippen LogP contribution in [-0.2, 0) is 4.79 Å². The Kier molecular flexibility index (Phi) is 3.74. The summed E-state index contributed by atoms with van der Waals surface area (Å²) in [6, 6.07) is 1.89. The lowest BCUT2D eigenvalue weighted by Crippen LogP contribution is -2.30. The van der Waals surface area contributed by atoms with Crippen molar-refractivity contribution in [2.24, 2.45) is 17.6 Å². The number of pyridine rings is 1. The molecule has 2 atom stereocenters. The van der Waals surface area contributed by atoms with Gasteiger partial charge in [-0.15, -0.1) is 0 Å². The number of amides is 1. The van der Waals surface area contributed by atoms with Crippen molar-refractivity contribution >= 4 is 11.6 Å². The summed E-state index contributed by atoms with van der Waals surface area (Å²) in [5.74, 6) is 0.501. The van der Waals surface area contributed by atoms with E-state index in [1.807, 2.05) is 13.0 Å². The highest BCUT2D eigenvalue weighted by atomic mass is 16.1. The Morgan fingerprint density at radius 1 is 1.59 bits per heavy atom. The van der Waals surface area contributed by atoms with Gasteiger partial charge in [-0.25, -0.2) is 0 Å². The summed E-state index contributed by atoms with van der Waals surface area (Å²) in [5, 5.41) is 2.96. The minimum atomic E-state index is 0.0691. The van der Waals surface area contributed by atoms with Gasteiger partial charge in [0.15, 0.2) is 0 Å². The molecule has 17 heavy (non-hydrogen) atoms. The summed E-state index contributed by atoms with van der Waals surface area (Å²) in [6.07, 6.45) is 6.54. The molecule has 1 aliphatic carbocycles. The van der Waals surface area contributed by atoms with E-state index < -0.39 is 0 Å². The molecule has 4 nitrogen and oxygen atoms in total.